The fraction of sp³-hybridized carbons (Fsp3) is 0.636. The Balaban J connectivity index is 2.30. The summed E-state index contributed by atoms with van der Waals surface area (Å²) in [5, 5.41) is 0. The Hall–Kier alpha value is -0.600. The van der Waals surface area contributed by atoms with E-state index in [1.165, 1.54) is 6.42 Å². The van der Waals surface area contributed by atoms with Crippen molar-refractivity contribution < 1.29 is 9.47 Å². The lowest BCUT2D eigenvalue weighted by atomic mass is 10.0. The van der Waals surface area contributed by atoms with Crippen LogP contribution in [-0.4, -0.2) is 19.5 Å². The van der Waals surface area contributed by atoms with Crippen molar-refractivity contribution in [2.75, 3.05) is 13.2 Å². The maximum absolute atomic E-state index is 5.28. The van der Waals surface area contributed by atoms with Crippen molar-refractivity contribution >= 4 is 0 Å². The van der Waals surface area contributed by atoms with Gasteiger partial charge in [-0.3, -0.25) is 0 Å². The standard InChI is InChI=1S/C11H18O2/c1-3-5-10(4-2)6-7-11-12-8-9-13-11/h4,6-7,10-11H,2-3,5,8-9H2,1H3/b7-6+. The Morgan fingerprint density at radius 3 is 2.69 bits per heavy atom. The summed E-state index contributed by atoms with van der Waals surface area (Å²) in [7, 11) is 0. The molecule has 1 aliphatic rings. The molecule has 0 radical (unpaired) electrons. The van der Waals surface area contributed by atoms with Gasteiger partial charge in [-0.2, -0.15) is 0 Å². The Morgan fingerprint density at radius 1 is 1.46 bits per heavy atom. The summed E-state index contributed by atoms with van der Waals surface area (Å²) in [6.45, 7) is 7.39. The molecule has 1 unspecified atom stereocenters. The molecule has 1 aliphatic heterocycles. The number of allylic oxidation sites excluding steroid dienone is 2. The molecule has 0 aromatic carbocycles. The maximum atomic E-state index is 5.28. The van der Waals surface area contributed by atoms with Gasteiger partial charge >= 0.3 is 0 Å². The van der Waals surface area contributed by atoms with Gasteiger partial charge in [-0.15, -0.1) is 6.58 Å². The van der Waals surface area contributed by atoms with Gasteiger partial charge in [0.2, 0.25) is 0 Å². The van der Waals surface area contributed by atoms with Gasteiger partial charge < -0.3 is 9.47 Å². The topological polar surface area (TPSA) is 18.5 Å². The minimum atomic E-state index is -0.126. The predicted octanol–water partition coefficient (Wildman–Crippen LogP) is 2.52. The van der Waals surface area contributed by atoms with E-state index in [4.69, 9.17) is 9.47 Å². The zero-order valence-electron chi connectivity index (χ0n) is 8.24. The molecule has 0 aromatic rings. The van der Waals surface area contributed by atoms with Gasteiger partial charge in [0.05, 0.1) is 13.2 Å². The molecule has 0 saturated carbocycles. The van der Waals surface area contributed by atoms with E-state index < -0.39 is 0 Å². The average Bonchev–Trinajstić information content (AvgIpc) is 2.64. The van der Waals surface area contributed by atoms with Gasteiger partial charge in [0.1, 0.15) is 0 Å². The van der Waals surface area contributed by atoms with E-state index >= 15 is 0 Å². The highest BCUT2D eigenvalue weighted by molar-refractivity contribution is 4.98. The second kappa shape index (κ2) is 5.95. The van der Waals surface area contributed by atoms with Gasteiger partial charge in [-0.1, -0.05) is 25.5 Å². The quantitative estimate of drug-likeness (QED) is 0.608. The summed E-state index contributed by atoms with van der Waals surface area (Å²) in [4.78, 5) is 0. The van der Waals surface area contributed by atoms with Gasteiger partial charge in [-0.25, -0.2) is 0 Å². The molecule has 0 aliphatic carbocycles. The zero-order valence-corrected chi connectivity index (χ0v) is 8.24. The van der Waals surface area contributed by atoms with Gasteiger partial charge in [0.15, 0.2) is 6.29 Å². The maximum Gasteiger partial charge on any atom is 0.177 e. The molecule has 2 nitrogen and oxygen atoms in total. The van der Waals surface area contributed by atoms with Crippen LogP contribution in [0.2, 0.25) is 0 Å². The van der Waals surface area contributed by atoms with Crippen molar-refractivity contribution in [3.05, 3.63) is 24.8 Å². The Kier molecular flexibility index (Phi) is 4.79. The molecule has 0 bridgehead atoms. The molecule has 1 atom stereocenters. The largest absolute Gasteiger partial charge is 0.347 e. The summed E-state index contributed by atoms with van der Waals surface area (Å²) < 4.78 is 10.6. The summed E-state index contributed by atoms with van der Waals surface area (Å²) in [6, 6.07) is 0. The minimum Gasteiger partial charge on any atom is -0.347 e. The van der Waals surface area contributed by atoms with Crippen LogP contribution in [0.15, 0.2) is 24.8 Å². The molecule has 0 aromatic heterocycles. The Bertz CT molecular complexity index is 169. The molecular weight excluding hydrogens is 164 g/mol. The smallest absolute Gasteiger partial charge is 0.177 e. The van der Waals surface area contributed by atoms with Crippen LogP contribution in [0.4, 0.5) is 0 Å². The number of hydrogen-bond donors (Lipinski definition) is 0. The summed E-state index contributed by atoms with van der Waals surface area (Å²) in [5.74, 6) is 0.456. The summed E-state index contributed by atoms with van der Waals surface area (Å²) in [6.07, 6.45) is 8.26. The van der Waals surface area contributed by atoms with Crippen molar-refractivity contribution in [3.8, 4) is 0 Å². The molecule has 0 spiro atoms. The lowest BCUT2D eigenvalue weighted by molar-refractivity contribution is -0.00187. The van der Waals surface area contributed by atoms with E-state index in [0.29, 0.717) is 19.1 Å². The van der Waals surface area contributed by atoms with Crippen molar-refractivity contribution in [3.63, 3.8) is 0 Å². The van der Waals surface area contributed by atoms with E-state index in [9.17, 15) is 0 Å². The SMILES string of the molecule is C=CC(/C=C/C1OCCO1)CCC. The summed E-state index contributed by atoms with van der Waals surface area (Å²) >= 11 is 0. The molecule has 13 heavy (non-hydrogen) atoms. The van der Waals surface area contributed by atoms with Gasteiger partial charge in [0, 0.05) is 0 Å². The molecule has 1 rings (SSSR count). The van der Waals surface area contributed by atoms with Crippen LogP contribution in [-0.2, 0) is 9.47 Å². The molecule has 1 heterocycles. The number of hydrogen-bond acceptors (Lipinski definition) is 2. The lowest BCUT2D eigenvalue weighted by Crippen LogP contribution is -2.03. The third-order valence-corrected chi connectivity index (χ3v) is 2.09. The van der Waals surface area contributed by atoms with Crippen molar-refractivity contribution in [1.29, 1.82) is 0 Å². The normalized spacial score (nSPS) is 21.0. The van der Waals surface area contributed by atoms with E-state index in [-0.39, 0.29) is 6.29 Å². The van der Waals surface area contributed by atoms with Crippen LogP contribution in [0.1, 0.15) is 19.8 Å². The van der Waals surface area contributed by atoms with E-state index in [1.807, 2.05) is 12.2 Å². The third kappa shape index (κ3) is 3.75. The second-order valence-corrected chi connectivity index (χ2v) is 3.18. The highest BCUT2D eigenvalue weighted by Crippen LogP contribution is 2.12. The Morgan fingerprint density at radius 2 is 2.15 bits per heavy atom. The lowest BCUT2D eigenvalue weighted by Gasteiger charge is -2.06. The van der Waals surface area contributed by atoms with E-state index in [0.717, 1.165) is 6.42 Å². The van der Waals surface area contributed by atoms with Crippen LogP contribution in [0.3, 0.4) is 0 Å². The van der Waals surface area contributed by atoms with Crippen molar-refractivity contribution in [2.45, 2.75) is 26.1 Å². The van der Waals surface area contributed by atoms with Crippen LogP contribution in [0.5, 0.6) is 0 Å². The molecule has 74 valence electrons. The monoisotopic (exact) mass is 182 g/mol. The Labute approximate surface area is 80.2 Å². The van der Waals surface area contributed by atoms with Gasteiger partial charge in [-0.05, 0) is 18.4 Å². The van der Waals surface area contributed by atoms with Gasteiger partial charge in [0.25, 0.3) is 0 Å². The van der Waals surface area contributed by atoms with Crippen LogP contribution >= 0.6 is 0 Å². The third-order valence-electron chi connectivity index (χ3n) is 2.09. The zero-order chi connectivity index (χ0) is 9.52. The molecule has 0 amide bonds. The van der Waals surface area contributed by atoms with Crippen molar-refractivity contribution in [2.24, 2.45) is 5.92 Å². The van der Waals surface area contributed by atoms with Crippen LogP contribution in [0.25, 0.3) is 0 Å². The first-order valence-corrected chi connectivity index (χ1v) is 4.91. The van der Waals surface area contributed by atoms with E-state index in [2.05, 4.69) is 19.6 Å². The summed E-state index contributed by atoms with van der Waals surface area (Å²) in [5.41, 5.74) is 0. The van der Waals surface area contributed by atoms with Crippen molar-refractivity contribution in [1.82, 2.24) is 0 Å². The average molecular weight is 182 g/mol. The minimum absolute atomic E-state index is 0.126. The molecular formula is C11H18O2. The number of rotatable bonds is 5. The van der Waals surface area contributed by atoms with E-state index in [1.54, 1.807) is 0 Å². The first-order valence-electron chi connectivity index (χ1n) is 4.91. The van der Waals surface area contributed by atoms with Crippen LogP contribution in [0, 0.1) is 5.92 Å². The highest BCUT2D eigenvalue weighted by atomic mass is 16.7. The first kappa shape index (κ1) is 10.5. The number of ether oxygens (including phenoxy) is 2. The molecule has 2 heteroatoms. The first-order chi connectivity index (χ1) is 6.36. The highest BCUT2D eigenvalue weighted by Gasteiger charge is 2.11. The fourth-order valence-electron chi connectivity index (χ4n) is 1.35. The second-order valence-electron chi connectivity index (χ2n) is 3.18. The molecule has 1 saturated heterocycles. The predicted molar refractivity (Wildman–Crippen MR) is 53.4 cm³/mol. The van der Waals surface area contributed by atoms with Crippen LogP contribution < -0.4 is 0 Å². The molecule has 0 N–H and O–H groups in total. The fourth-order valence-corrected chi connectivity index (χ4v) is 1.35. The molecule has 1 fully saturated rings.